The Bertz CT molecular complexity index is 1330. The van der Waals surface area contributed by atoms with Gasteiger partial charge >= 0.3 is 18.1 Å². The van der Waals surface area contributed by atoms with Crippen LogP contribution in [0.2, 0.25) is 10.0 Å². The Balaban J connectivity index is 1.21. The number of sulfonamides is 1. The molecule has 0 radical (unpaired) electrons. The third kappa shape index (κ3) is 9.35. The van der Waals surface area contributed by atoms with E-state index in [0.717, 1.165) is 17.4 Å². The summed E-state index contributed by atoms with van der Waals surface area (Å²) < 4.78 is 33.0. The molecule has 3 aliphatic heterocycles. The normalized spacial score (nSPS) is 20.9. The predicted molar refractivity (Wildman–Crippen MR) is 166 cm³/mol. The van der Waals surface area contributed by atoms with Gasteiger partial charge in [0.1, 0.15) is 12.1 Å². The van der Waals surface area contributed by atoms with Gasteiger partial charge in [0.05, 0.1) is 18.0 Å². The molecule has 1 aromatic carbocycles. The average Bonchev–Trinajstić information content (AvgIpc) is 3.50. The van der Waals surface area contributed by atoms with Gasteiger partial charge in [-0.1, -0.05) is 23.2 Å². The monoisotopic (exact) mass is 690 g/mol. The minimum Gasteiger partial charge on any atom is -0.480 e. The molecule has 2 atom stereocenters. The molecule has 0 bridgehead atoms. The number of halogens is 2. The number of nitrogens with zero attached hydrogens (tertiary/aromatic N) is 4. The van der Waals surface area contributed by atoms with Crippen molar-refractivity contribution in [3.63, 3.8) is 0 Å². The lowest BCUT2D eigenvalue weighted by Gasteiger charge is -2.33. The van der Waals surface area contributed by atoms with Crippen LogP contribution in [0, 0.1) is 5.92 Å². The first-order valence-corrected chi connectivity index (χ1v) is 17.2. The number of carboxylic acids is 1. The fraction of sp³-hybridized carbons (Fsp3) is 0.643. The van der Waals surface area contributed by atoms with E-state index >= 15 is 0 Å². The number of likely N-dealkylation sites (tertiary alicyclic amines) is 1. The zero-order valence-electron chi connectivity index (χ0n) is 25.1. The molecule has 1 aromatic rings. The van der Waals surface area contributed by atoms with Gasteiger partial charge < -0.3 is 35.2 Å². The molecule has 0 saturated carbocycles. The quantitative estimate of drug-likeness (QED) is 0.332. The Kier molecular flexibility index (Phi) is 12.2. The summed E-state index contributed by atoms with van der Waals surface area (Å²) in [6.07, 6.45) is 2.41. The van der Waals surface area contributed by atoms with Crippen molar-refractivity contribution in [2.45, 2.75) is 49.1 Å². The number of rotatable bonds is 10. The second-order valence-electron chi connectivity index (χ2n) is 11.6. The lowest BCUT2D eigenvalue weighted by molar-refractivity contribution is -0.142. The number of benzene rings is 1. The third-order valence-electron chi connectivity index (χ3n) is 8.44. The van der Waals surface area contributed by atoms with Crippen LogP contribution in [-0.2, 0) is 24.3 Å². The number of carbonyl (C=O) groups excluding carboxylic acids is 3. The molecular formula is C28H40Cl2N6O8S. The van der Waals surface area contributed by atoms with Gasteiger partial charge in [-0.15, -0.1) is 0 Å². The van der Waals surface area contributed by atoms with Crippen molar-refractivity contribution in [3.05, 3.63) is 28.2 Å². The topological polar surface area (TPSA) is 169 Å². The maximum absolute atomic E-state index is 13.3. The van der Waals surface area contributed by atoms with E-state index in [0.29, 0.717) is 58.5 Å². The van der Waals surface area contributed by atoms with E-state index in [9.17, 15) is 32.7 Å². The average molecular weight is 692 g/mol. The van der Waals surface area contributed by atoms with E-state index in [1.54, 1.807) is 9.80 Å². The van der Waals surface area contributed by atoms with Crippen LogP contribution in [0.1, 0.15) is 32.1 Å². The first-order chi connectivity index (χ1) is 21.3. The van der Waals surface area contributed by atoms with Crippen LogP contribution >= 0.6 is 23.2 Å². The second kappa shape index (κ2) is 15.6. The van der Waals surface area contributed by atoms with Crippen molar-refractivity contribution in [2.24, 2.45) is 5.92 Å². The molecule has 3 saturated heterocycles. The highest BCUT2D eigenvalue weighted by molar-refractivity contribution is 7.89. The highest BCUT2D eigenvalue weighted by atomic mass is 35.5. The third-order valence-corrected chi connectivity index (χ3v) is 10.8. The van der Waals surface area contributed by atoms with Gasteiger partial charge in [-0.2, -0.15) is 4.31 Å². The summed E-state index contributed by atoms with van der Waals surface area (Å²) in [6.45, 7) is 3.84. The molecule has 3 aliphatic rings. The predicted octanol–water partition coefficient (Wildman–Crippen LogP) is 1.91. The Hall–Kier alpha value is -2.85. The Morgan fingerprint density at radius 1 is 0.956 bits per heavy atom. The van der Waals surface area contributed by atoms with E-state index in [-0.39, 0.29) is 46.5 Å². The smallest absolute Gasteiger partial charge is 0.409 e. The SMILES string of the molecule is CN1CCN(C(=O)OCCC2CCN(C(=O)NC[C@H](NC(=O)[C@@H]3CCCN3S(=O)(=O)c3cc(Cl)cc(Cl)c3)C(=O)O)CC2)CC1. The Labute approximate surface area is 273 Å². The number of piperidine rings is 1. The number of nitrogens with one attached hydrogen (secondary N) is 2. The number of hydrogen-bond donors (Lipinski definition) is 3. The maximum Gasteiger partial charge on any atom is 0.409 e. The number of likely N-dealkylation sites (N-methyl/N-ethyl adjacent to an activating group) is 1. The molecule has 3 N–H and O–H groups in total. The Morgan fingerprint density at radius 3 is 2.22 bits per heavy atom. The van der Waals surface area contributed by atoms with Crippen molar-refractivity contribution in [3.8, 4) is 0 Å². The molecule has 4 amide bonds. The van der Waals surface area contributed by atoms with Gasteiger partial charge in [-0.25, -0.2) is 22.8 Å². The van der Waals surface area contributed by atoms with Crippen molar-refractivity contribution < 1.29 is 37.4 Å². The zero-order valence-corrected chi connectivity index (χ0v) is 27.4. The Morgan fingerprint density at radius 2 is 1.60 bits per heavy atom. The first kappa shape index (κ1) is 35.0. The van der Waals surface area contributed by atoms with E-state index in [1.165, 1.54) is 18.2 Å². The number of carbonyl (C=O) groups is 4. The van der Waals surface area contributed by atoms with Crippen molar-refractivity contribution in [1.29, 1.82) is 0 Å². The molecule has 17 heteroatoms. The van der Waals surface area contributed by atoms with Crippen LogP contribution in [0.15, 0.2) is 23.1 Å². The number of ether oxygens (including phenoxy) is 1. The van der Waals surface area contributed by atoms with Crippen LogP contribution in [-0.4, -0.2) is 135 Å². The summed E-state index contributed by atoms with van der Waals surface area (Å²) in [7, 11) is -2.13. The molecule has 250 valence electrons. The number of piperazine rings is 1. The molecule has 3 fully saturated rings. The van der Waals surface area contributed by atoms with Crippen LogP contribution in [0.3, 0.4) is 0 Å². The molecule has 0 aliphatic carbocycles. The molecule has 3 heterocycles. The van der Waals surface area contributed by atoms with E-state index in [1.807, 2.05) is 7.05 Å². The molecule has 14 nitrogen and oxygen atoms in total. The van der Waals surface area contributed by atoms with Gasteiger partial charge in [0.25, 0.3) is 0 Å². The number of urea groups is 1. The zero-order chi connectivity index (χ0) is 32.7. The number of carboxylic acid groups (broad SMARTS) is 1. The largest absolute Gasteiger partial charge is 0.480 e. The lowest BCUT2D eigenvalue weighted by atomic mass is 9.94. The van der Waals surface area contributed by atoms with Crippen LogP contribution in [0.25, 0.3) is 0 Å². The number of hydrogen-bond acceptors (Lipinski definition) is 8. The van der Waals surface area contributed by atoms with Crippen molar-refractivity contribution >= 4 is 57.2 Å². The standard InChI is InChI=1S/C28H40Cl2N6O8S/c1-33-10-12-35(13-11-33)28(41)44-14-6-19-4-8-34(9-5-19)27(40)31-18-23(26(38)39)32-25(37)24-3-2-7-36(24)45(42,43)22-16-20(29)15-21(30)17-22/h15-17,19,23-24H,2-14,18H2,1H3,(H,31,40)(H,32,37)(H,38,39)/t23-,24-/m0/s1. The van der Waals surface area contributed by atoms with Gasteiger partial charge in [0.2, 0.25) is 15.9 Å². The van der Waals surface area contributed by atoms with E-state index in [2.05, 4.69) is 15.5 Å². The fourth-order valence-corrected chi connectivity index (χ4v) is 8.07. The maximum atomic E-state index is 13.3. The summed E-state index contributed by atoms with van der Waals surface area (Å²) in [5, 5.41) is 14.9. The van der Waals surface area contributed by atoms with E-state index < -0.39 is 40.0 Å². The molecule has 0 aromatic heterocycles. The second-order valence-corrected chi connectivity index (χ2v) is 14.4. The van der Waals surface area contributed by atoms with E-state index in [4.69, 9.17) is 27.9 Å². The lowest BCUT2D eigenvalue weighted by Crippen LogP contribution is -2.55. The van der Waals surface area contributed by atoms with Crippen LogP contribution in [0.5, 0.6) is 0 Å². The van der Waals surface area contributed by atoms with Crippen molar-refractivity contribution in [1.82, 2.24) is 29.6 Å². The van der Waals surface area contributed by atoms with Crippen LogP contribution in [0.4, 0.5) is 9.59 Å². The molecule has 4 rings (SSSR count). The van der Waals surface area contributed by atoms with Gasteiger partial charge in [0.15, 0.2) is 0 Å². The highest BCUT2D eigenvalue weighted by Crippen LogP contribution is 2.30. The summed E-state index contributed by atoms with van der Waals surface area (Å²) >= 11 is 12.0. The summed E-state index contributed by atoms with van der Waals surface area (Å²) in [5.74, 6) is -1.86. The minimum absolute atomic E-state index is 0.0632. The van der Waals surface area contributed by atoms with Gasteiger partial charge in [-0.05, 0) is 63.3 Å². The van der Waals surface area contributed by atoms with Crippen molar-refractivity contribution in [2.75, 3.05) is 66.0 Å². The summed E-state index contributed by atoms with van der Waals surface area (Å²) in [4.78, 5) is 55.4. The first-order valence-electron chi connectivity index (χ1n) is 15.0. The molecule has 45 heavy (non-hydrogen) atoms. The molecule has 0 spiro atoms. The molecular weight excluding hydrogens is 651 g/mol. The summed E-state index contributed by atoms with van der Waals surface area (Å²) in [6, 6.07) is 0.792. The molecule has 0 unspecified atom stereocenters. The fourth-order valence-electron chi connectivity index (χ4n) is 5.69. The van der Waals surface area contributed by atoms with Gasteiger partial charge in [0, 0.05) is 55.9 Å². The number of amides is 4. The van der Waals surface area contributed by atoms with Gasteiger partial charge in [-0.3, -0.25) is 4.79 Å². The summed E-state index contributed by atoms with van der Waals surface area (Å²) in [5.41, 5.74) is 0. The number of aliphatic carboxylic acids is 1. The highest BCUT2D eigenvalue weighted by Gasteiger charge is 2.41. The minimum atomic E-state index is -4.14. The van der Waals surface area contributed by atoms with Crippen LogP contribution < -0.4 is 10.6 Å².